The SMILES string of the molecule is CCOC(=O)CCN1CCN(C(=O)O)CC1CF. The van der Waals surface area contributed by atoms with E-state index in [0.717, 1.165) is 0 Å². The minimum Gasteiger partial charge on any atom is -0.466 e. The molecule has 0 spiro atoms. The maximum atomic E-state index is 12.9. The van der Waals surface area contributed by atoms with Gasteiger partial charge in [-0.1, -0.05) is 0 Å². The molecule has 0 aromatic heterocycles. The number of rotatable bonds is 5. The van der Waals surface area contributed by atoms with Gasteiger partial charge in [-0.05, 0) is 6.92 Å². The van der Waals surface area contributed by atoms with Crippen molar-refractivity contribution in [3.8, 4) is 0 Å². The normalized spacial score (nSPS) is 20.8. The van der Waals surface area contributed by atoms with Crippen molar-refractivity contribution in [2.24, 2.45) is 0 Å². The van der Waals surface area contributed by atoms with Gasteiger partial charge in [0.05, 0.1) is 19.1 Å². The van der Waals surface area contributed by atoms with Crippen LogP contribution in [0.3, 0.4) is 0 Å². The van der Waals surface area contributed by atoms with Crippen LogP contribution in [0.2, 0.25) is 0 Å². The van der Waals surface area contributed by atoms with Crippen molar-refractivity contribution in [2.45, 2.75) is 19.4 Å². The summed E-state index contributed by atoms with van der Waals surface area (Å²) in [7, 11) is 0. The van der Waals surface area contributed by atoms with Crippen LogP contribution < -0.4 is 0 Å². The maximum Gasteiger partial charge on any atom is 0.407 e. The molecule has 1 amide bonds. The van der Waals surface area contributed by atoms with E-state index in [1.807, 2.05) is 0 Å². The molecule has 1 aliphatic heterocycles. The summed E-state index contributed by atoms with van der Waals surface area (Å²) in [6.07, 6.45) is -0.823. The fourth-order valence-electron chi connectivity index (χ4n) is 1.98. The highest BCUT2D eigenvalue weighted by molar-refractivity contribution is 5.69. The van der Waals surface area contributed by atoms with Gasteiger partial charge >= 0.3 is 12.1 Å². The molecule has 18 heavy (non-hydrogen) atoms. The summed E-state index contributed by atoms with van der Waals surface area (Å²) >= 11 is 0. The summed E-state index contributed by atoms with van der Waals surface area (Å²) in [6.45, 7) is 2.78. The predicted octanol–water partition coefficient (Wildman–Crippen LogP) is 0.573. The number of carbonyl (C=O) groups is 2. The fraction of sp³-hybridized carbons (Fsp3) is 0.818. The largest absolute Gasteiger partial charge is 0.466 e. The Labute approximate surface area is 105 Å². The maximum absolute atomic E-state index is 12.9. The van der Waals surface area contributed by atoms with E-state index >= 15 is 0 Å². The van der Waals surface area contributed by atoms with E-state index in [1.165, 1.54) is 4.90 Å². The van der Waals surface area contributed by atoms with Crippen molar-refractivity contribution in [2.75, 3.05) is 39.5 Å². The van der Waals surface area contributed by atoms with Gasteiger partial charge in [-0.2, -0.15) is 0 Å². The third-order valence-electron chi connectivity index (χ3n) is 2.96. The van der Waals surface area contributed by atoms with Gasteiger partial charge in [0.15, 0.2) is 0 Å². The molecule has 0 aromatic carbocycles. The zero-order valence-corrected chi connectivity index (χ0v) is 10.5. The summed E-state index contributed by atoms with van der Waals surface area (Å²) in [5.74, 6) is -0.309. The van der Waals surface area contributed by atoms with Crippen LogP contribution in [-0.4, -0.2) is 72.5 Å². The second-order valence-corrected chi connectivity index (χ2v) is 4.13. The van der Waals surface area contributed by atoms with Crippen LogP contribution in [-0.2, 0) is 9.53 Å². The number of amides is 1. The predicted molar refractivity (Wildman–Crippen MR) is 62.2 cm³/mol. The Morgan fingerprint density at radius 2 is 2.17 bits per heavy atom. The number of hydrogen-bond acceptors (Lipinski definition) is 4. The van der Waals surface area contributed by atoms with Crippen LogP contribution in [0.25, 0.3) is 0 Å². The molecule has 1 saturated heterocycles. The van der Waals surface area contributed by atoms with Crippen molar-refractivity contribution in [1.29, 1.82) is 0 Å². The van der Waals surface area contributed by atoms with Crippen molar-refractivity contribution in [3.63, 3.8) is 0 Å². The standard InChI is InChI=1S/C11H19FN2O4/c1-2-18-10(15)3-4-13-5-6-14(11(16)17)8-9(13)7-12/h9H,2-8H2,1H3,(H,16,17). The smallest absolute Gasteiger partial charge is 0.407 e. The molecule has 1 rings (SSSR count). The number of carboxylic acid groups (broad SMARTS) is 1. The number of ether oxygens (including phenoxy) is 1. The van der Waals surface area contributed by atoms with Gasteiger partial charge in [0.2, 0.25) is 0 Å². The van der Waals surface area contributed by atoms with E-state index in [2.05, 4.69) is 0 Å². The Morgan fingerprint density at radius 1 is 1.44 bits per heavy atom. The molecule has 0 bridgehead atoms. The highest BCUT2D eigenvalue weighted by Gasteiger charge is 2.29. The summed E-state index contributed by atoms with van der Waals surface area (Å²) in [5.41, 5.74) is 0. The number of carbonyl (C=O) groups excluding carboxylic acids is 1. The molecule has 1 unspecified atom stereocenters. The van der Waals surface area contributed by atoms with Gasteiger partial charge in [0.1, 0.15) is 6.67 Å². The van der Waals surface area contributed by atoms with E-state index in [0.29, 0.717) is 26.2 Å². The van der Waals surface area contributed by atoms with Gasteiger partial charge in [-0.25, -0.2) is 9.18 Å². The summed E-state index contributed by atoms with van der Waals surface area (Å²) < 4.78 is 17.7. The second kappa shape index (κ2) is 7.15. The van der Waals surface area contributed by atoms with E-state index in [9.17, 15) is 14.0 Å². The summed E-state index contributed by atoms with van der Waals surface area (Å²) in [4.78, 5) is 25.0. The van der Waals surface area contributed by atoms with E-state index in [1.54, 1.807) is 11.8 Å². The number of esters is 1. The van der Waals surface area contributed by atoms with Crippen LogP contribution in [0, 0.1) is 0 Å². The molecule has 1 fully saturated rings. The average Bonchev–Trinajstić information content (AvgIpc) is 2.36. The number of piperazine rings is 1. The quantitative estimate of drug-likeness (QED) is 0.734. The first-order valence-electron chi connectivity index (χ1n) is 6.02. The lowest BCUT2D eigenvalue weighted by atomic mass is 10.2. The monoisotopic (exact) mass is 262 g/mol. The Bertz CT molecular complexity index is 301. The molecule has 1 N–H and O–H groups in total. The summed E-state index contributed by atoms with van der Waals surface area (Å²) in [5, 5.41) is 8.84. The van der Waals surface area contributed by atoms with Crippen LogP contribution >= 0.6 is 0 Å². The molecule has 104 valence electrons. The number of hydrogen-bond donors (Lipinski definition) is 1. The highest BCUT2D eigenvalue weighted by atomic mass is 19.1. The first-order chi connectivity index (χ1) is 8.58. The zero-order chi connectivity index (χ0) is 13.5. The lowest BCUT2D eigenvalue weighted by molar-refractivity contribution is -0.143. The first-order valence-corrected chi connectivity index (χ1v) is 6.02. The van der Waals surface area contributed by atoms with Crippen molar-refractivity contribution in [1.82, 2.24) is 9.80 Å². The van der Waals surface area contributed by atoms with Crippen LogP contribution in [0.1, 0.15) is 13.3 Å². The van der Waals surface area contributed by atoms with E-state index in [4.69, 9.17) is 9.84 Å². The third kappa shape index (κ3) is 4.14. The molecule has 0 radical (unpaired) electrons. The van der Waals surface area contributed by atoms with Gasteiger partial charge < -0.3 is 14.7 Å². The van der Waals surface area contributed by atoms with Gasteiger partial charge in [0.25, 0.3) is 0 Å². The number of halogens is 1. The van der Waals surface area contributed by atoms with E-state index in [-0.39, 0.29) is 18.9 Å². The highest BCUT2D eigenvalue weighted by Crippen LogP contribution is 2.11. The van der Waals surface area contributed by atoms with Crippen LogP contribution in [0.4, 0.5) is 9.18 Å². The number of nitrogens with zero attached hydrogens (tertiary/aromatic N) is 2. The molecule has 1 atom stereocenters. The number of alkyl halides is 1. The first kappa shape index (κ1) is 14.7. The molecular weight excluding hydrogens is 243 g/mol. The molecule has 0 aromatic rings. The topological polar surface area (TPSA) is 70.1 Å². The minimum absolute atomic E-state index is 0.147. The Kier molecular flexibility index (Phi) is 5.84. The van der Waals surface area contributed by atoms with Crippen LogP contribution in [0.5, 0.6) is 0 Å². The second-order valence-electron chi connectivity index (χ2n) is 4.13. The van der Waals surface area contributed by atoms with Gasteiger partial charge in [0, 0.05) is 26.2 Å². The Balaban J connectivity index is 2.41. The summed E-state index contributed by atoms with van der Waals surface area (Å²) in [6, 6.07) is -0.468. The lowest BCUT2D eigenvalue weighted by Gasteiger charge is -2.38. The minimum atomic E-state index is -1.03. The molecule has 1 aliphatic rings. The molecule has 0 aliphatic carbocycles. The van der Waals surface area contributed by atoms with Crippen molar-refractivity contribution < 1.29 is 23.8 Å². The Hall–Kier alpha value is -1.37. The van der Waals surface area contributed by atoms with Crippen LogP contribution in [0.15, 0.2) is 0 Å². The van der Waals surface area contributed by atoms with Gasteiger partial charge in [-0.3, -0.25) is 9.69 Å². The van der Waals surface area contributed by atoms with E-state index < -0.39 is 18.8 Å². The van der Waals surface area contributed by atoms with Crippen molar-refractivity contribution >= 4 is 12.1 Å². The zero-order valence-electron chi connectivity index (χ0n) is 10.5. The molecule has 7 heteroatoms. The molecular formula is C11H19FN2O4. The average molecular weight is 262 g/mol. The molecule has 0 saturated carbocycles. The van der Waals surface area contributed by atoms with Gasteiger partial charge in [-0.15, -0.1) is 0 Å². The lowest BCUT2D eigenvalue weighted by Crippen LogP contribution is -2.55. The van der Waals surface area contributed by atoms with Crippen molar-refractivity contribution in [3.05, 3.63) is 0 Å². The Morgan fingerprint density at radius 3 is 2.72 bits per heavy atom. The third-order valence-corrected chi connectivity index (χ3v) is 2.96. The molecule has 6 nitrogen and oxygen atoms in total. The molecule has 1 heterocycles. The fourth-order valence-corrected chi connectivity index (χ4v) is 1.98.